The van der Waals surface area contributed by atoms with E-state index in [4.69, 9.17) is 19.3 Å². The predicted octanol–water partition coefficient (Wildman–Crippen LogP) is 8.84. The molecule has 0 bridgehead atoms. The molecule has 0 amide bonds. The number of hydrogen-bond donors (Lipinski definition) is 1. The number of hydrogen-bond acceptors (Lipinski definition) is 6. The van der Waals surface area contributed by atoms with E-state index >= 15 is 8.78 Å². The standard InChI is InChI=1S/C34H52F2O4.C4H6O2/c1-6-8-9-10-25-11-13-27(14-12-25)28-15-18-31(19-16-28)40-34(35,36)32-20-17-29(21-26(32)7-2)30(22-38-5)23-39-33(37)24(3)4;1-4(2-5)3-6/h17,20-21,25,27-28,30-31H,3,6-16,18-19,22-23H2,1-2,4-5H3;2,6H,1,3H2. The van der Waals surface area contributed by atoms with Gasteiger partial charge in [0.1, 0.15) is 12.9 Å². The van der Waals surface area contributed by atoms with Crippen LogP contribution in [0.4, 0.5) is 8.78 Å². The molecule has 2 saturated carbocycles. The highest BCUT2D eigenvalue weighted by Gasteiger charge is 2.40. The molecular weight excluding hydrogens is 590 g/mol. The number of carbonyl (C=O) groups is 2. The zero-order valence-electron chi connectivity index (χ0n) is 28.7. The Kier molecular flexibility index (Phi) is 17.9. The molecule has 0 aromatic heterocycles. The summed E-state index contributed by atoms with van der Waals surface area (Å²) in [7, 11) is 1.57. The smallest absolute Gasteiger partial charge is 0.383 e. The lowest BCUT2D eigenvalue weighted by molar-refractivity contribution is -0.278. The number of esters is 1. The maximum absolute atomic E-state index is 15.5. The number of aldehydes is 1. The Labute approximate surface area is 276 Å². The monoisotopic (exact) mass is 648 g/mol. The molecule has 0 radical (unpaired) electrons. The van der Waals surface area contributed by atoms with Gasteiger partial charge in [-0.3, -0.25) is 4.79 Å². The fourth-order valence-electron chi connectivity index (χ4n) is 6.80. The van der Waals surface area contributed by atoms with Crippen LogP contribution in [0, 0.1) is 17.8 Å². The van der Waals surface area contributed by atoms with Crippen LogP contribution in [-0.2, 0) is 36.3 Å². The van der Waals surface area contributed by atoms with Gasteiger partial charge in [0.25, 0.3) is 0 Å². The molecular formula is C38H58F2O6. The lowest BCUT2D eigenvalue weighted by atomic mass is 9.70. The van der Waals surface area contributed by atoms with Crippen LogP contribution in [0.25, 0.3) is 0 Å². The number of alkyl halides is 2. The molecule has 0 saturated heterocycles. The SMILES string of the molecule is C=C(C)C(=O)OCC(COC)c1ccc(C(F)(F)OC2CCC(C3CCC(CCCCC)CC3)CC2)c(CC)c1.C=C(C=O)CO. The molecule has 2 aliphatic carbocycles. The third-order valence-electron chi connectivity index (χ3n) is 9.60. The van der Waals surface area contributed by atoms with Crippen LogP contribution in [0.15, 0.2) is 42.5 Å². The molecule has 2 fully saturated rings. The minimum absolute atomic E-state index is 0.0719. The van der Waals surface area contributed by atoms with Crippen molar-refractivity contribution >= 4 is 12.3 Å². The fourth-order valence-corrected chi connectivity index (χ4v) is 6.80. The van der Waals surface area contributed by atoms with E-state index in [1.54, 1.807) is 26.2 Å². The summed E-state index contributed by atoms with van der Waals surface area (Å²) < 4.78 is 47.2. The van der Waals surface area contributed by atoms with Gasteiger partial charge in [-0.05, 0) is 86.8 Å². The summed E-state index contributed by atoms with van der Waals surface area (Å²) in [4.78, 5) is 21.3. The van der Waals surface area contributed by atoms with E-state index in [-0.39, 0.29) is 30.3 Å². The zero-order chi connectivity index (χ0) is 34.1. The Morgan fingerprint density at radius 3 is 2.15 bits per heavy atom. The van der Waals surface area contributed by atoms with Gasteiger partial charge < -0.3 is 19.3 Å². The fraction of sp³-hybridized carbons (Fsp3) is 0.684. The first-order valence-electron chi connectivity index (χ1n) is 17.2. The first kappa shape index (κ1) is 39.8. The first-order valence-corrected chi connectivity index (χ1v) is 17.2. The summed E-state index contributed by atoms with van der Waals surface area (Å²) >= 11 is 0. The maximum atomic E-state index is 15.5. The van der Waals surface area contributed by atoms with Crippen molar-refractivity contribution < 1.29 is 37.7 Å². The largest absolute Gasteiger partial charge is 0.462 e. The summed E-state index contributed by atoms with van der Waals surface area (Å²) in [5.41, 5.74) is 1.80. The molecule has 0 heterocycles. The van der Waals surface area contributed by atoms with E-state index in [9.17, 15) is 9.59 Å². The summed E-state index contributed by atoms with van der Waals surface area (Å²) in [5.74, 6) is 1.59. The second-order valence-corrected chi connectivity index (χ2v) is 13.2. The van der Waals surface area contributed by atoms with Crippen molar-refractivity contribution in [2.24, 2.45) is 17.8 Å². The topological polar surface area (TPSA) is 82.1 Å². The average molecular weight is 649 g/mol. The Hall–Kier alpha value is -2.42. The molecule has 1 unspecified atom stereocenters. The number of halogens is 2. The van der Waals surface area contributed by atoms with Crippen molar-refractivity contribution in [1.82, 2.24) is 0 Å². The Balaban J connectivity index is 0.00000112. The number of aliphatic hydroxyl groups is 1. The highest BCUT2D eigenvalue weighted by molar-refractivity contribution is 5.86. The lowest BCUT2D eigenvalue weighted by Gasteiger charge is -2.38. The third kappa shape index (κ3) is 13.0. The first-order chi connectivity index (χ1) is 22.0. The van der Waals surface area contributed by atoms with E-state index in [0.717, 1.165) is 30.2 Å². The Morgan fingerprint density at radius 2 is 1.65 bits per heavy atom. The molecule has 0 aliphatic heterocycles. The van der Waals surface area contributed by atoms with E-state index < -0.39 is 18.2 Å². The molecule has 1 N–H and O–H groups in total. The van der Waals surface area contributed by atoms with E-state index in [0.29, 0.717) is 49.2 Å². The number of aliphatic hydroxyl groups excluding tert-OH is 1. The van der Waals surface area contributed by atoms with E-state index in [1.807, 2.05) is 6.92 Å². The summed E-state index contributed by atoms with van der Waals surface area (Å²) in [6.45, 7) is 12.7. The van der Waals surface area contributed by atoms with Gasteiger partial charge >= 0.3 is 12.1 Å². The van der Waals surface area contributed by atoms with Crippen LogP contribution in [0.2, 0.25) is 0 Å². The van der Waals surface area contributed by atoms with Crippen LogP contribution in [0.5, 0.6) is 0 Å². The van der Waals surface area contributed by atoms with Crippen LogP contribution >= 0.6 is 0 Å². The molecule has 3 rings (SSSR count). The maximum Gasteiger partial charge on any atom is 0.383 e. The van der Waals surface area contributed by atoms with Crippen molar-refractivity contribution in [3.63, 3.8) is 0 Å². The minimum Gasteiger partial charge on any atom is -0.462 e. The van der Waals surface area contributed by atoms with Crippen LogP contribution in [-0.4, -0.2) is 50.4 Å². The Bertz CT molecular complexity index is 1090. The van der Waals surface area contributed by atoms with Crippen molar-refractivity contribution in [2.75, 3.05) is 26.9 Å². The minimum atomic E-state index is -3.35. The number of rotatable bonds is 17. The third-order valence-corrected chi connectivity index (χ3v) is 9.60. The number of benzene rings is 1. The van der Waals surface area contributed by atoms with Gasteiger partial charge in [-0.25, -0.2) is 4.79 Å². The van der Waals surface area contributed by atoms with Crippen LogP contribution in [0.1, 0.15) is 120 Å². The lowest BCUT2D eigenvalue weighted by Crippen LogP contribution is -2.33. The van der Waals surface area contributed by atoms with Gasteiger partial charge in [0.05, 0.1) is 24.9 Å². The van der Waals surface area contributed by atoms with Gasteiger partial charge in [0.2, 0.25) is 0 Å². The highest BCUT2D eigenvalue weighted by atomic mass is 19.3. The summed E-state index contributed by atoms with van der Waals surface area (Å²) in [6, 6.07) is 4.93. The van der Waals surface area contributed by atoms with Crippen molar-refractivity contribution in [3.8, 4) is 0 Å². The molecule has 6 nitrogen and oxygen atoms in total. The number of ether oxygens (including phenoxy) is 3. The number of methoxy groups -OCH3 is 1. The van der Waals surface area contributed by atoms with Crippen molar-refractivity contribution in [1.29, 1.82) is 0 Å². The number of unbranched alkanes of at least 4 members (excludes halogenated alkanes) is 2. The van der Waals surface area contributed by atoms with Crippen molar-refractivity contribution in [2.45, 2.75) is 122 Å². The van der Waals surface area contributed by atoms with Gasteiger partial charge in [-0.15, -0.1) is 0 Å². The number of aryl methyl sites for hydroxylation is 1. The van der Waals surface area contributed by atoms with Gasteiger partial charge in [-0.1, -0.05) is 77.7 Å². The molecule has 260 valence electrons. The molecule has 0 spiro atoms. The van der Waals surface area contributed by atoms with Crippen LogP contribution < -0.4 is 0 Å². The number of carbonyl (C=O) groups excluding carboxylic acids is 2. The molecule has 8 heteroatoms. The van der Waals surface area contributed by atoms with E-state index in [2.05, 4.69) is 20.1 Å². The molecule has 1 aromatic carbocycles. The molecule has 1 atom stereocenters. The Morgan fingerprint density at radius 1 is 1.02 bits per heavy atom. The predicted molar refractivity (Wildman–Crippen MR) is 179 cm³/mol. The normalized spacial score (nSPS) is 22.2. The average Bonchev–Trinajstić information content (AvgIpc) is 3.06. The molecule has 1 aromatic rings. The highest BCUT2D eigenvalue weighted by Crippen LogP contribution is 2.44. The quantitative estimate of drug-likeness (QED) is 0.0787. The molecule has 46 heavy (non-hydrogen) atoms. The second kappa shape index (κ2) is 20.7. The zero-order valence-corrected chi connectivity index (χ0v) is 28.7. The summed E-state index contributed by atoms with van der Waals surface area (Å²) in [5, 5.41) is 8.00. The van der Waals surface area contributed by atoms with Crippen molar-refractivity contribution in [3.05, 3.63) is 59.2 Å². The molecule has 2 aliphatic rings. The summed E-state index contributed by atoms with van der Waals surface area (Å²) in [6.07, 6.45) is 11.3. The van der Waals surface area contributed by atoms with Gasteiger partial charge in [0, 0.05) is 24.2 Å². The second-order valence-electron chi connectivity index (χ2n) is 13.2. The van der Waals surface area contributed by atoms with E-state index in [1.165, 1.54) is 57.4 Å². The van der Waals surface area contributed by atoms with Gasteiger partial charge in [-0.2, -0.15) is 8.78 Å². The van der Waals surface area contributed by atoms with Gasteiger partial charge in [0.15, 0.2) is 0 Å². The van der Waals surface area contributed by atoms with Crippen LogP contribution in [0.3, 0.4) is 0 Å².